The van der Waals surface area contributed by atoms with Crippen LogP contribution in [-0.4, -0.2) is 17.0 Å². The Bertz CT molecular complexity index is 395. The molecule has 0 radical (unpaired) electrons. The van der Waals surface area contributed by atoms with E-state index in [1.807, 2.05) is 17.8 Å². The lowest BCUT2D eigenvalue weighted by molar-refractivity contribution is 0.375. The fraction of sp³-hybridized carbons (Fsp3) is 0.500. The zero-order valence-electron chi connectivity index (χ0n) is 9.39. The number of halogens is 2. The lowest BCUT2D eigenvalue weighted by Crippen LogP contribution is -2.48. The predicted octanol–water partition coefficient (Wildman–Crippen LogP) is 3.74. The van der Waals surface area contributed by atoms with Gasteiger partial charge in [-0.25, -0.2) is 4.39 Å². The quantitative estimate of drug-likeness (QED) is 0.848. The molecule has 0 spiro atoms. The summed E-state index contributed by atoms with van der Waals surface area (Å²) in [6, 6.07) is 5.21. The molecule has 0 aromatic heterocycles. The highest BCUT2D eigenvalue weighted by molar-refractivity contribution is 9.10. The van der Waals surface area contributed by atoms with Crippen molar-refractivity contribution < 1.29 is 4.39 Å². The average molecular weight is 304 g/mol. The Morgan fingerprint density at radius 3 is 2.88 bits per heavy atom. The highest BCUT2D eigenvalue weighted by Gasteiger charge is 2.29. The average Bonchev–Trinajstić information content (AvgIpc) is 2.15. The molecule has 0 amide bonds. The van der Waals surface area contributed by atoms with Gasteiger partial charge in [-0.1, -0.05) is 22.0 Å². The van der Waals surface area contributed by atoms with Gasteiger partial charge in [0.05, 0.1) is 0 Å². The first-order valence-electron chi connectivity index (χ1n) is 5.28. The molecule has 1 aromatic carbocycles. The van der Waals surface area contributed by atoms with Gasteiger partial charge in [-0.15, -0.1) is 0 Å². The third kappa shape index (κ3) is 2.79. The topological polar surface area (TPSA) is 12.0 Å². The van der Waals surface area contributed by atoms with Crippen LogP contribution >= 0.6 is 27.7 Å². The van der Waals surface area contributed by atoms with Crippen LogP contribution in [0.25, 0.3) is 0 Å². The molecular weight excluding hydrogens is 289 g/mol. The summed E-state index contributed by atoms with van der Waals surface area (Å²) in [7, 11) is 0. The minimum Gasteiger partial charge on any atom is -0.303 e. The molecule has 1 aliphatic rings. The monoisotopic (exact) mass is 303 g/mol. The van der Waals surface area contributed by atoms with Gasteiger partial charge in [0.1, 0.15) is 5.82 Å². The number of benzene rings is 1. The van der Waals surface area contributed by atoms with Gasteiger partial charge >= 0.3 is 0 Å². The highest BCUT2D eigenvalue weighted by atomic mass is 79.9. The lowest BCUT2D eigenvalue weighted by Gasteiger charge is -2.37. The van der Waals surface area contributed by atoms with Crippen molar-refractivity contribution >= 4 is 27.7 Å². The van der Waals surface area contributed by atoms with E-state index in [4.69, 9.17) is 0 Å². The van der Waals surface area contributed by atoms with Crippen LogP contribution in [0.3, 0.4) is 0 Å². The maximum absolute atomic E-state index is 13.0. The van der Waals surface area contributed by atoms with Gasteiger partial charge in [-0.2, -0.15) is 11.8 Å². The second-order valence-corrected chi connectivity index (χ2v) is 6.65. The summed E-state index contributed by atoms with van der Waals surface area (Å²) in [5.41, 5.74) is 1.28. The maximum Gasteiger partial charge on any atom is 0.124 e. The Balaban J connectivity index is 2.23. The first kappa shape index (κ1) is 12.4. The molecule has 1 aliphatic heterocycles. The van der Waals surface area contributed by atoms with E-state index in [1.54, 1.807) is 0 Å². The van der Waals surface area contributed by atoms with E-state index in [2.05, 4.69) is 35.1 Å². The second-order valence-electron chi connectivity index (χ2n) is 4.76. The van der Waals surface area contributed by atoms with Crippen LogP contribution in [0.1, 0.15) is 25.5 Å². The third-order valence-electron chi connectivity index (χ3n) is 2.65. The third-order valence-corrected chi connectivity index (χ3v) is 4.83. The van der Waals surface area contributed by atoms with Crippen LogP contribution in [0.2, 0.25) is 0 Å². The van der Waals surface area contributed by atoms with Crippen LogP contribution in [0, 0.1) is 5.82 Å². The molecule has 1 aromatic rings. The fourth-order valence-electron chi connectivity index (χ4n) is 1.94. The maximum atomic E-state index is 13.0. The van der Waals surface area contributed by atoms with E-state index >= 15 is 0 Å². The predicted molar refractivity (Wildman–Crippen MR) is 71.4 cm³/mol. The van der Waals surface area contributed by atoms with Gasteiger partial charge < -0.3 is 5.32 Å². The van der Waals surface area contributed by atoms with Gasteiger partial charge in [0.25, 0.3) is 0 Å². The molecular formula is C12H15BrFNS. The standard InChI is InChI=1S/C12H15BrFNS/c1-12(2)7-16-6-11(15-12)9-4-3-8(14)5-10(9)13/h3-5,11,15H,6-7H2,1-2H3. The Hall–Kier alpha value is -0.0600. The molecule has 16 heavy (non-hydrogen) atoms. The first-order valence-corrected chi connectivity index (χ1v) is 7.23. The number of rotatable bonds is 1. The van der Waals surface area contributed by atoms with Crippen LogP contribution in [-0.2, 0) is 0 Å². The number of thioether (sulfide) groups is 1. The lowest BCUT2D eigenvalue weighted by atomic mass is 10.0. The van der Waals surface area contributed by atoms with E-state index in [0.717, 1.165) is 21.5 Å². The molecule has 88 valence electrons. The molecule has 1 unspecified atom stereocenters. The van der Waals surface area contributed by atoms with Crippen LogP contribution in [0.15, 0.2) is 22.7 Å². The molecule has 1 fully saturated rings. The van der Waals surface area contributed by atoms with E-state index in [9.17, 15) is 4.39 Å². The van der Waals surface area contributed by atoms with Gasteiger partial charge in [0, 0.05) is 27.6 Å². The summed E-state index contributed by atoms with van der Waals surface area (Å²) in [5.74, 6) is 1.95. The highest BCUT2D eigenvalue weighted by Crippen LogP contribution is 2.33. The second kappa shape index (κ2) is 4.67. The van der Waals surface area contributed by atoms with E-state index < -0.39 is 0 Å². The largest absolute Gasteiger partial charge is 0.303 e. The summed E-state index contributed by atoms with van der Waals surface area (Å²) >= 11 is 5.37. The molecule has 0 aliphatic carbocycles. The minimum atomic E-state index is -0.196. The van der Waals surface area contributed by atoms with Gasteiger partial charge in [0.2, 0.25) is 0 Å². The van der Waals surface area contributed by atoms with Crippen LogP contribution in [0.4, 0.5) is 4.39 Å². The first-order chi connectivity index (χ1) is 7.48. The van der Waals surface area contributed by atoms with Crippen LogP contribution in [0.5, 0.6) is 0 Å². The molecule has 2 rings (SSSR count). The zero-order chi connectivity index (χ0) is 11.8. The number of hydrogen-bond donors (Lipinski definition) is 1. The van der Waals surface area contributed by atoms with Gasteiger partial charge in [-0.05, 0) is 31.5 Å². The number of nitrogens with one attached hydrogen (secondary N) is 1. The number of hydrogen-bond acceptors (Lipinski definition) is 2. The molecule has 0 saturated carbocycles. The van der Waals surface area contributed by atoms with Crippen molar-refractivity contribution in [1.29, 1.82) is 0 Å². The summed E-state index contributed by atoms with van der Waals surface area (Å²) in [6.07, 6.45) is 0. The molecule has 1 nitrogen and oxygen atoms in total. The van der Waals surface area contributed by atoms with Crippen molar-refractivity contribution in [3.05, 3.63) is 34.1 Å². The van der Waals surface area contributed by atoms with Crippen molar-refractivity contribution in [1.82, 2.24) is 5.32 Å². The molecule has 1 saturated heterocycles. The summed E-state index contributed by atoms with van der Waals surface area (Å²) in [6.45, 7) is 4.40. The van der Waals surface area contributed by atoms with E-state index in [-0.39, 0.29) is 11.4 Å². The Labute approximate surface area is 108 Å². The van der Waals surface area contributed by atoms with Gasteiger partial charge in [-0.3, -0.25) is 0 Å². The summed E-state index contributed by atoms with van der Waals surface area (Å²) in [4.78, 5) is 0. The van der Waals surface area contributed by atoms with Crippen molar-refractivity contribution in [3.8, 4) is 0 Å². The van der Waals surface area contributed by atoms with Crippen LogP contribution < -0.4 is 5.32 Å². The van der Waals surface area contributed by atoms with E-state index in [1.165, 1.54) is 12.1 Å². The minimum absolute atomic E-state index is 0.140. The smallest absolute Gasteiger partial charge is 0.124 e. The van der Waals surface area contributed by atoms with Gasteiger partial charge in [0.15, 0.2) is 0 Å². The van der Waals surface area contributed by atoms with E-state index in [0.29, 0.717) is 6.04 Å². The SMILES string of the molecule is CC1(C)CSCC(c2ccc(F)cc2Br)N1. The zero-order valence-corrected chi connectivity index (χ0v) is 11.8. The van der Waals surface area contributed by atoms with Crippen molar-refractivity contribution in [2.24, 2.45) is 0 Å². The Morgan fingerprint density at radius 2 is 2.25 bits per heavy atom. The summed E-state index contributed by atoms with van der Waals surface area (Å²) in [5, 5.41) is 3.60. The molecule has 1 heterocycles. The summed E-state index contributed by atoms with van der Waals surface area (Å²) < 4.78 is 13.9. The Kier molecular flexibility index (Phi) is 3.62. The fourth-order valence-corrected chi connectivity index (χ4v) is 3.78. The molecule has 4 heteroatoms. The molecule has 1 N–H and O–H groups in total. The Morgan fingerprint density at radius 1 is 1.50 bits per heavy atom. The van der Waals surface area contributed by atoms with Crippen molar-refractivity contribution in [2.75, 3.05) is 11.5 Å². The van der Waals surface area contributed by atoms with Crippen molar-refractivity contribution in [2.45, 2.75) is 25.4 Å². The normalized spacial score (nSPS) is 24.4. The molecule has 0 bridgehead atoms. The van der Waals surface area contributed by atoms with Crippen molar-refractivity contribution in [3.63, 3.8) is 0 Å². The molecule has 1 atom stereocenters.